The van der Waals surface area contributed by atoms with Crippen LogP contribution in [0.1, 0.15) is 0 Å². The molecule has 0 bridgehead atoms. The number of hydrogen-bond donors (Lipinski definition) is 1. The molecular weight excluding hydrogens is 362 g/mol. The standard InChI is InChI=1S/C20H23N3O5/c1-26-15-6-4-14(5-7-15)23-11-10-22(20(23)25)13-19(24)21-17-12-16(27-2)8-9-18(17)28-3/h4-9,12H,10-11,13H2,1-3H3,(H,21,24). The van der Waals surface area contributed by atoms with Crippen molar-refractivity contribution in [2.75, 3.05) is 51.2 Å². The van der Waals surface area contributed by atoms with Gasteiger partial charge in [0.25, 0.3) is 0 Å². The number of urea groups is 1. The Morgan fingerprint density at radius 2 is 1.64 bits per heavy atom. The van der Waals surface area contributed by atoms with Crippen molar-refractivity contribution >= 4 is 23.3 Å². The third-order valence-electron chi connectivity index (χ3n) is 4.49. The summed E-state index contributed by atoms with van der Waals surface area (Å²) in [5.74, 6) is 1.52. The molecule has 2 aromatic carbocycles. The zero-order valence-electron chi connectivity index (χ0n) is 16.1. The number of hydrogen-bond acceptors (Lipinski definition) is 5. The Bertz CT molecular complexity index is 853. The largest absolute Gasteiger partial charge is 0.497 e. The molecule has 3 amide bonds. The monoisotopic (exact) mass is 385 g/mol. The third-order valence-corrected chi connectivity index (χ3v) is 4.49. The highest BCUT2D eigenvalue weighted by molar-refractivity contribution is 6.00. The summed E-state index contributed by atoms with van der Waals surface area (Å²) in [5.41, 5.74) is 1.26. The first-order valence-electron chi connectivity index (χ1n) is 8.78. The van der Waals surface area contributed by atoms with E-state index in [1.165, 1.54) is 12.0 Å². The van der Waals surface area contributed by atoms with Crippen LogP contribution < -0.4 is 24.4 Å². The van der Waals surface area contributed by atoms with Crippen LogP contribution in [0.2, 0.25) is 0 Å². The molecular formula is C20H23N3O5. The van der Waals surface area contributed by atoms with Crippen molar-refractivity contribution < 1.29 is 23.8 Å². The van der Waals surface area contributed by atoms with Crippen molar-refractivity contribution in [2.45, 2.75) is 0 Å². The molecule has 0 spiro atoms. The highest BCUT2D eigenvalue weighted by atomic mass is 16.5. The first kappa shape index (κ1) is 19.3. The number of benzene rings is 2. The first-order valence-corrected chi connectivity index (χ1v) is 8.78. The minimum Gasteiger partial charge on any atom is -0.497 e. The fourth-order valence-electron chi connectivity index (χ4n) is 3.01. The van der Waals surface area contributed by atoms with E-state index >= 15 is 0 Å². The molecule has 0 saturated carbocycles. The maximum atomic E-state index is 12.7. The van der Waals surface area contributed by atoms with Crippen LogP contribution in [0.4, 0.5) is 16.2 Å². The molecule has 28 heavy (non-hydrogen) atoms. The molecule has 8 nitrogen and oxygen atoms in total. The maximum Gasteiger partial charge on any atom is 0.325 e. The summed E-state index contributed by atoms with van der Waals surface area (Å²) < 4.78 is 15.6. The number of nitrogens with zero attached hydrogens (tertiary/aromatic N) is 2. The van der Waals surface area contributed by atoms with Crippen molar-refractivity contribution in [2.24, 2.45) is 0 Å². The Kier molecular flexibility index (Phi) is 5.88. The summed E-state index contributed by atoms with van der Waals surface area (Å²) in [4.78, 5) is 28.3. The van der Waals surface area contributed by atoms with Crippen LogP contribution in [0.15, 0.2) is 42.5 Å². The molecule has 148 valence electrons. The number of amides is 3. The SMILES string of the molecule is COc1ccc(N2CCN(CC(=O)Nc3cc(OC)ccc3OC)C2=O)cc1. The van der Waals surface area contributed by atoms with Crippen LogP contribution in [0.3, 0.4) is 0 Å². The lowest BCUT2D eigenvalue weighted by Gasteiger charge is -2.19. The van der Waals surface area contributed by atoms with Gasteiger partial charge in [0.05, 0.1) is 27.0 Å². The number of anilines is 2. The van der Waals surface area contributed by atoms with E-state index in [2.05, 4.69) is 5.32 Å². The van der Waals surface area contributed by atoms with Gasteiger partial charge in [-0.3, -0.25) is 9.69 Å². The van der Waals surface area contributed by atoms with E-state index in [9.17, 15) is 9.59 Å². The number of carbonyl (C=O) groups is 2. The average molecular weight is 385 g/mol. The van der Waals surface area contributed by atoms with E-state index < -0.39 is 0 Å². The number of methoxy groups -OCH3 is 3. The molecule has 1 aliphatic rings. The Morgan fingerprint density at radius 1 is 0.964 bits per heavy atom. The van der Waals surface area contributed by atoms with Gasteiger partial charge < -0.3 is 24.4 Å². The molecule has 3 rings (SSSR count). The van der Waals surface area contributed by atoms with Crippen LogP contribution in [-0.4, -0.2) is 57.8 Å². The zero-order chi connectivity index (χ0) is 20.1. The first-order chi connectivity index (χ1) is 13.5. The molecule has 0 unspecified atom stereocenters. The topological polar surface area (TPSA) is 80.3 Å². The quantitative estimate of drug-likeness (QED) is 0.792. The number of nitrogens with one attached hydrogen (secondary N) is 1. The predicted molar refractivity (Wildman–Crippen MR) is 105 cm³/mol. The van der Waals surface area contributed by atoms with Crippen molar-refractivity contribution in [3.8, 4) is 17.2 Å². The lowest BCUT2D eigenvalue weighted by molar-refractivity contribution is -0.116. The average Bonchev–Trinajstić information content (AvgIpc) is 3.08. The zero-order valence-corrected chi connectivity index (χ0v) is 16.1. The summed E-state index contributed by atoms with van der Waals surface area (Å²) in [6.07, 6.45) is 0. The lowest BCUT2D eigenvalue weighted by atomic mass is 10.2. The second-order valence-electron chi connectivity index (χ2n) is 6.17. The molecule has 1 N–H and O–H groups in total. The second kappa shape index (κ2) is 8.51. The van der Waals surface area contributed by atoms with E-state index in [1.807, 2.05) is 12.1 Å². The fraction of sp³-hybridized carbons (Fsp3) is 0.300. The second-order valence-corrected chi connectivity index (χ2v) is 6.17. The van der Waals surface area contributed by atoms with Crippen LogP contribution >= 0.6 is 0 Å². The summed E-state index contributed by atoms with van der Waals surface area (Å²) in [6.45, 7) is 0.931. The van der Waals surface area contributed by atoms with Crippen molar-refractivity contribution in [3.05, 3.63) is 42.5 Å². The van der Waals surface area contributed by atoms with Crippen molar-refractivity contribution in [1.29, 1.82) is 0 Å². The highest BCUT2D eigenvalue weighted by Crippen LogP contribution is 2.29. The van der Waals surface area contributed by atoms with E-state index in [1.54, 1.807) is 49.5 Å². The van der Waals surface area contributed by atoms with Crippen LogP contribution in [0, 0.1) is 0 Å². The Morgan fingerprint density at radius 3 is 2.29 bits per heavy atom. The van der Waals surface area contributed by atoms with Crippen molar-refractivity contribution in [1.82, 2.24) is 4.90 Å². The van der Waals surface area contributed by atoms with Gasteiger partial charge in [-0.1, -0.05) is 0 Å². The molecule has 1 heterocycles. The van der Waals surface area contributed by atoms with E-state index in [4.69, 9.17) is 14.2 Å². The molecule has 1 fully saturated rings. The van der Waals surface area contributed by atoms with Crippen LogP contribution in [0.25, 0.3) is 0 Å². The summed E-state index contributed by atoms with van der Waals surface area (Å²) in [6, 6.07) is 12.2. The van der Waals surface area contributed by atoms with E-state index in [0.717, 1.165) is 11.4 Å². The smallest absolute Gasteiger partial charge is 0.325 e. The number of rotatable bonds is 7. The summed E-state index contributed by atoms with van der Waals surface area (Å²) in [7, 11) is 4.66. The van der Waals surface area contributed by atoms with Gasteiger partial charge in [-0.15, -0.1) is 0 Å². The molecule has 1 aliphatic heterocycles. The Labute approximate surface area is 163 Å². The van der Waals surface area contributed by atoms with Gasteiger partial charge >= 0.3 is 6.03 Å². The minimum absolute atomic E-state index is 0.0497. The molecule has 0 aromatic heterocycles. The lowest BCUT2D eigenvalue weighted by Crippen LogP contribution is -2.37. The molecule has 1 saturated heterocycles. The van der Waals surface area contributed by atoms with Crippen LogP contribution in [0.5, 0.6) is 17.2 Å². The van der Waals surface area contributed by atoms with Gasteiger partial charge in [-0.05, 0) is 36.4 Å². The molecule has 8 heteroatoms. The van der Waals surface area contributed by atoms with Gasteiger partial charge in [0.15, 0.2) is 0 Å². The van der Waals surface area contributed by atoms with E-state index in [-0.39, 0.29) is 18.5 Å². The minimum atomic E-state index is -0.309. The normalized spacial score (nSPS) is 13.5. The third kappa shape index (κ3) is 4.11. The maximum absolute atomic E-state index is 12.7. The number of ether oxygens (including phenoxy) is 3. The van der Waals surface area contributed by atoms with E-state index in [0.29, 0.717) is 30.3 Å². The molecule has 0 radical (unpaired) electrons. The van der Waals surface area contributed by atoms with Gasteiger partial charge in [0, 0.05) is 24.8 Å². The van der Waals surface area contributed by atoms with Gasteiger partial charge in [0.2, 0.25) is 5.91 Å². The van der Waals surface area contributed by atoms with Crippen LogP contribution in [-0.2, 0) is 4.79 Å². The van der Waals surface area contributed by atoms with Crippen molar-refractivity contribution in [3.63, 3.8) is 0 Å². The number of carbonyl (C=O) groups excluding carboxylic acids is 2. The molecule has 2 aromatic rings. The predicted octanol–water partition coefficient (Wildman–Crippen LogP) is 2.59. The van der Waals surface area contributed by atoms with Gasteiger partial charge in [-0.2, -0.15) is 0 Å². The Hall–Kier alpha value is -3.42. The molecule has 0 atom stereocenters. The Balaban J connectivity index is 1.64. The van der Waals surface area contributed by atoms with Gasteiger partial charge in [0.1, 0.15) is 23.8 Å². The summed E-state index contributed by atoms with van der Waals surface area (Å²) in [5, 5.41) is 2.78. The fourth-order valence-corrected chi connectivity index (χ4v) is 3.01. The summed E-state index contributed by atoms with van der Waals surface area (Å²) >= 11 is 0. The highest BCUT2D eigenvalue weighted by Gasteiger charge is 2.31. The van der Waals surface area contributed by atoms with Gasteiger partial charge in [-0.25, -0.2) is 4.79 Å². The molecule has 0 aliphatic carbocycles.